The molecule has 2 aliphatic rings. The number of likely N-dealkylation sites (tertiary alicyclic amines) is 2. The first-order valence-corrected chi connectivity index (χ1v) is 8.84. The van der Waals surface area contributed by atoms with E-state index < -0.39 is 0 Å². The van der Waals surface area contributed by atoms with Gasteiger partial charge in [-0.3, -0.25) is 9.69 Å². The number of nitrogens with zero attached hydrogens (tertiary/aromatic N) is 2. The van der Waals surface area contributed by atoms with E-state index in [0.717, 1.165) is 55.5 Å². The Labute approximate surface area is 142 Å². The maximum atomic E-state index is 12.5. The van der Waals surface area contributed by atoms with E-state index in [0.29, 0.717) is 18.6 Å². The third kappa shape index (κ3) is 2.94. The van der Waals surface area contributed by atoms with Gasteiger partial charge in [-0.2, -0.15) is 0 Å². The molecule has 5 nitrogen and oxygen atoms in total. The van der Waals surface area contributed by atoms with Crippen molar-refractivity contribution in [1.82, 2.24) is 14.8 Å². The first-order chi connectivity index (χ1) is 11.7. The van der Waals surface area contributed by atoms with Gasteiger partial charge in [-0.1, -0.05) is 18.2 Å². The molecule has 3 heterocycles. The molecule has 0 unspecified atom stereocenters. The summed E-state index contributed by atoms with van der Waals surface area (Å²) < 4.78 is 5.43. The Morgan fingerprint density at radius 2 is 2.00 bits per heavy atom. The smallest absolute Gasteiger partial charge is 0.227 e. The van der Waals surface area contributed by atoms with Gasteiger partial charge in [0.15, 0.2) is 0 Å². The van der Waals surface area contributed by atoms with Crippen LogP contribution in [0, 0.1) is 0 Å². The predicted molar refractivity (Wildman–Crippen MR) is 94.0 cm³/mol. The second-order valence-electron chi connectivity index (χ2n) is 6.96. The summed E-state index contributed by atoms with van der Waals surface area (Å²) in [6.45, 7) is 3.93. The summed E-state index contributed by atoms with van der Waals surface area (Å²) in [7, 11) is 1.80. The summed E-state index contributed by atoms with van der Waals surface area (Å²) in [5.41, 5.74) is 2.20. The van der Waals surface area contributed by atoms with Crippen molar-refractivity contribution in [2.75, 3.05) is 33.3 Å². The molecule has 0 aliphatic carbocycles. The second-order valence-corrected chi connectivity index (χ2v) is 6.96. The highest BCUT2D eigenvalue weighted by Crippen LogP contribution is 2.23. The van der Waals surface area contributed by atoms with Crippen LogP contribution in [0.1, 0.15) is 18.4 Å². The number of rotatable bonds is 4. The number of ether oxygens (including phenoxy) is 1. The summed E-state index contributed by atoms with van der Waals surface area (Å²) in [5, 5.41) is 1.16. The molecule has 1 N–H and O–H groups in total. The van der Waals surface area contributed by atoms with Gasteiger partial charge >= 0.3 is 0 Å². The molecule has 128 valence electrons. The lowest BCUT2D eigenvalue weighted by Crippen LogP contribution is -2.62. The number of carbonyl (C=O) groups is 1. The van der Waals surface area contributed by atoms with Crippen molar-refractivity contribution in [3.8, 4) is 0 Å². The average Bonchev–Trinajstić information content (AvgIpc) is 2.97. The minimum atomic E-state index is 0.239. The van der Waals surface area contributed by atoms with Crippen LogP contribution < -0.4 is 0 Å². The molecule has 2 aliphatic heterocycles. The molecule has 1 aromatic heterocycles. The van der Waals surface area contributed by atoms with E-state index in [4.69, 9.17) is 4.74 Å². The number of aromatic amines is 1. The maximum absolute atomic E-state index is 12.5. The van der Waals surface area contributed by atoms with Crippen LogP contribution in [-0.2, 0) is 16.0 Å². The molecule has 0 bridgehead atoms. The zero-order valence-electron chi connectivity index (χ0n) is 14.2. The lowest BCUT2D eigenvalue weighted by Gasteiger charge is -2.47. The van der Waals surface area contributed by atoms with Gasteiger partial charge < -0.3 is 14.6 Å². The zero-order chi connectivity index (χ0) is 16.5. The van der Waals surface area contributed by atoms with E-state index >= 15 is 0 Å². The molecule has 2 aromatic rings. The summed E-state index contributed by atoms with van der Waals surface area (Å²) in [6, 6.07) is 8.69. The fraction of sp³-hybridized carbons (Fsp3) is 0.526. The quantitative estimate of drug-likeness (QED) is 0.935. The third-order valence-corrected chi connectivity index (χ3v) is 5.56. The molecule has 2 fully saturated rings. The summed E-state index contributed by atoms with van der Waals surface area (Å²) >= 11 is 0. The van der Waals surface area contributed by atoms with Gasteiger partial charge in [0.1, 0.15) is 0 Å². The molecule has 1 amide bonds. The van der Waals surface area contributed by atoms with Crippen molar-refractivity contribution in [2.24, 2.45) is 0 Å². The Hall–Kier alpha value is -1.85. The Balaban J connectivity index is 1.30. The van der Waals surface area contributed by atoms with E-state index in [9.17, 15) is 4.79 Å². The molecule has 0 spiro atoms. The van der Waals surface area contributed by atoms with Crippen LogP contribution in [0.3, 0.4) is 0 Å². The lowest BCUT2D eigenvalue weighted by molar-refractivity contribution is -0.138. The van der Waals surface area contributed by atoms with Gasteiger partial charge in [0.25, 0.3) is 0 Å². The first kappa shape index (κ1) is 15.7. The first-order valence-electron chi connectivity index (χ1n) is 8.84. The van der Waals surface area contributed by atoms with Crippen molar-refractivity contribution < 1.29 is 9.53 Å². The van der Waals surface area contributed by atoms with Crippen molar-refractivity contribution in [2.45, 2.75) is 31.4 Å². The molecule has 1 aromatic carbocycles. The number of amides is 1. The van der Waals surface area contributed by atoms with Crippen LogP contribution in [-0.4, -0.2) is 66.1 Å². The average molecular weight is 327 g/mol. The van der Waals surface area contributed by atoms with Crippen LogP contribution in [0.4, 0.5) is 0 Å². The fourth-order valence-corrected chi connectivity index (χ4v) is 3.92. The standard InChI is InChI=1S/C19H25N3O2/c1-24-16-6-8-21(9-7-16)15-12-22(13-15)19(23)10-14-11-20-18-5-3-2-4-17(14)18/h2-5,11,15-16,20H,6-10,12-13H2,1H3. The van der Waals surface area contributed by atoms with Crippen LogP contribution in [0.5, 0.6) is 0 Å². The molecule has 0 radical (unpaired) electrons. The number of piperidine rings is 1. The highest BCUT2D eigenvalue weighted by atomic mass is 16.5. The Bertz CT molecular complexity index is 712. The number of fused-ring (bicyclic) bond motifs is 1. The highest BCUT2D eigenvalue weighted by molar-refractivity contribution is 5.89. The number of methoxy groups -OCH3 is 1. The molecular weight excluding hydrogens is 302 g/mol. The van der Waals surface area contributed by atoms with Gasteiger partial charge in [0.05, 0.1) is 12.5 Å². The minimum absolute atomic E-state index is 0.239. The van der Waals surface area contributed by atoms with Gasteiger partial charge in [-0.15, -0.1) is 0 Å². The maximum Gasteiger partial charge on any atom is 0.227 e. The van der Waals surface area contributed by atoms with Crippen molar-refractivity contribution in [1.29, 1.82) is 0 Å². The van der Waals surface area contributed by atoms with E-state index in [-0.39, 0.29) is 5.91 Å². The number of para-hydroxylation sites is 1. The Kier molecular flexibility index (Phi) is 4.29. The SMILES string of the molecule is COC1CCN(C2CN(C(=O)Cc3c[nH]c4ccccc34)C2)CC1. The van der Waals surface area contributed by atoms with Gasteiger partial charge in [0.2, 0.25) is 5.91 Å². The molecule has 0 saturated carbocycles. The van der Waals surface area contributed by atoms with Crippen LogP contribution in [0.2, 0.25) is 0 Å². The highest BCUT2D eigenvalue weighted by Gasteiger charge is 2.36. The van der Waals surface area contributed by atoms with Crippen molar-refractivity contribution in [3.63, 3.8) is 0 Å². The molecule has 5 heteroatoms. The number of hydrogen-bond acceptors (Lipinski definition) is 3. The van der Waals surface area contributed by atoms with E-state index in [1.165, 1.54) is 0 Å². The number of carbonyl (C=O) groups excluding carboxylic acids is 1. The Morgan fingerprint density at radius 1 is 1.25 bits per heavy atom. The van der Waals surface area contributed by atoms with Crippen LogP contribution >= 0.6 is 0 Å². The van der Waals surface area contributed by atoms with Crippen LogP contribution in [0.15, 0.2) is 30.5 Å². The largest absolute Gasteiger partial charge is 0.381 e. The minimum Gasteiger partial charge on any atom is -0.381 e. The number of aromatic nitrogens is 1. The van der Waals surface area contributed by atoms with Gasteiger partial charge in [-0.25, -0.2) is 0 Å². The second kappa shape index (κ2) is 6.57. The fourth-order valence-electron chi connectivity index (χ4n) is 3.92. The Morgan fingerprint density at radius 3 is 2.75 bits per heavy atom. The predicted octanol–water partition coefficient (Wildman–Crippen LogP) is 2.03. The number of H-pyrrole nitrogens is 1. The van der Waals surface area contributed by atoms with Crippen molar-refractivity contribution in [3.05, 3.63) is 36.0 Å². The van der Waals surface area contributed by atoms with E-state index in [1.807, 2.05) is 29.3 Å². The normalized spacial score (nSPS) is 20.5. The van der Waals surface area contributed by atoms with Crippen LogP contribution in [0.25, 0.3) is 10.9 Å². The van der Waals surface area contributed by atoms with Crippen molar-refractivity contribution >= 4 is 16.8 Å². The summed E-state index contributed by atoms with van der Waals surface area (Å²) in [6.07, 6.45) is 5.09. The molecule has 4 rings (SSSR count). The van der Waals surface area contributed by atoms with E-state index in [2.05, 4.69) is 16.0 Å². The van der Waals surface area contributed by atoms with E-state index in [1.54, 1.807) is 7.11 Å². The summed E-state index contributed by atoms with van der Waals surface area (Å²) in [5.74, 6) is 0.239. The topological polar surface area (TPSA) is 48.6 Å². The lowest BCUT2D eigenvalue weighted by atomic mass is 10.00. The number of nitrogens with one attached hydrogen (secondary N) is 1. The number of hydrogen-bond donors (Lipinski definition) is 1. The van der Waals surface area contributed by atoms with Gasteiger partial charge in [-0.05, 0) is 24.5 Å². The molecule has 24 heavy (non-hydrogen) atoms. The zero-order valence-corrected chi connectivity index (χ0v) is 14.2. The molecule has 0 atom stereocenters. The summed E-state index contributed by atoms with van der Waals surface area (Å²) in [4.78, 5) is 20.3. The molecule has 2 saturated heterocycles. The molecular formula is C19H25N3O2. The monoisotopic (exact) mass is 327 g/mol. The third-order valence-electron chi connectivity index (χ3n) is 5.56. The number of benzene rings is 1. The van der Waals surface area contributed by atoms with Gasteiger partial charge in [0, 0.05) is 56.4 Å².